The van der Waals surface area contributed by atoms with Crippen LogP contribution in [0.15, 0.2) is 0 Å². The minimum atomic E-state index is -1.22. The Morgan fingerprint density at radius 2 is 2.11 bits per heavy atom. The maximum absolute atomic E-state index is 12.6. The third-order valence-electron chi connectivity index (χ3n) is 1.15. The molecule has 1 atom stereocenters. The first kappa shape index (κ1) is 8.85. The molecule has 0 aliphatic carbocycles. The molecule has 0 saturated heterocycles. The van der Waals surface area contributed by atoms with Crippen LogP contribution in [-0.4, -0.2) is 30.5 Å². The molecule has 0 fully saturated rings. The van der Waals surface area contributed by atoms with Gasteiger partial charge in [-0.25, -0.2) is 4.39 Å². The predicted molar refractivity (Wildman–Crippen MR) is 35.1 cm³/mol. The smallest absolute Gasteiger partial charge is 0.140 e. The standard InChI is InChI=1S/C6H14FNO/c1-6(2,9)5(7)4-8-3/h5,8-9H,4H2,1-3H3. The molecule has 0 aromatic heterocycles. The van der Waals surface area contributed by atoms with Crippen molar-refractivity contribution in [3.05, 3.63) is 0 Å². The third-order valence-corrected chi connectivity index (χ3v) is 1.15. The zero-order chi connectivity index (χ0) is 7.49. The second-order valence-electron chi connectivity index (χ2n) is 2.68. The van der Waals surface area contributed by atoms with Gasteiger partial charge in [0.25, 0.3) is 0 Å². The highest BCUT2D eigenvalue weighted by molar-refractivity contribution is 4.77. The average Bonchev–Trinajstić information content (AvgIpc) is 1.64. The first-order chi connectivity index (χ1) is 3.98. The Kier molecular flexibility index (Phi) is 3.08. The fourth-order valence-corrected chi connectivity index (χ4v) is 0.429. The Balaban J connectivity index is 3.59. The van der Waals surface area contributed by atoms with Gasteiger partial charge in [0, 0.05) is 6.54 Å². The minimum absolute atomic E-state index is 0.198. The molecule has 0 bridgehead atoms. The van der Waals surface area contributed by atoms with Gasteiger partial charge in [-0.2, -0.15) is 0 Å². The average molecular weight is 135 g/mol. The monoisotopic (exact) mass is 135 g/mol. The first-order valence-electron chi connectivity index (χ1n) is 2.99. The van der Waals surface area contributed by atoms with Crippen molar-refractivity contribution in [1.82, 2.24) is 5.32 Å². The summed E-state index contributed by atoms with van der Waals surface area (Å²) < 4.78 is 12.6. The molecule has 0 aromatic rings. The van der Waals surface area contributed by atoms with Gasteiger partial charge in [0.2, 0.25) is 0 Å². The molecule has 2 N–H and O–H groups in total. The van der Waals surface area contributed by atoms with Crippen LogP contribution in [0.25, 0.3) is 0 Å². The zero-order valence-electron chi connectivity index (χ0n) is 6.11. The summed E-state index contributed by atoms with van der Waals surface area (Å²) in [6, 6.07) is 0. The molecule has 2 nitrogen and oxygen atoms in total. The van der Waals surface area contributed by atoms with Crippen molar-refractivity contribution in [2.24, 2.45) is 0 Å². The van der Waals surface area contributed by atoms with Crippen LogP contribution in [0.4, 0.5) is 4.39 Å². The van der Waals surface area contributed by atoms with Gasteiger partial charge < -0.3 is 10.4 Å². The molecule has 0 aromatic carbocycles. The SMILES string of the molecule is CNCC(F)C(C)(C)O. The van der Waals surface area contributed by atoms with E-state index in [1.165, 1.54) is 13.8 Å². The van der Waals surface area contributed by atoms with Gasteiger partial charge in [0.05, 0.1) is 5.60 Å². The number of rotatable bonds is 3. The van der Waals surface area contributed by atoms with Crippen molar-refractivity contribution in [1.29, 1.82) is 0 Å². The van der Waals surface area contributed by atoms with E-state index in [9.17, 15) is 4.39 Å². The number of nitrogens with one attached hydrogen (secondary N) is 1. The second kappa shape index (κ2) is 3.13. The normalized spacial score (nSPS) is 15.7. The van der Waals surface area contributed by atoms with E-state index in [1.54, 1.807) is 7.05 Å². The van der Waals surface area contributed by atoms with Crippen LogP contribution in [0, 0.1) is 0 Å². The summed E-state index contributed by atoms with van der Waals surface area (Å²) in [4.78, 5) is 0. The number of hydrogen-bond acceptors (Lipinski definition) is 2. The first-order valence-corrected chi connectivity index (χ1v) is 2.99. The molecule has 0 aliphatic rings. The number of hydrogen-bond donors (Lipinski definition) is 2. The lowest BCUT2D eigenvalue weighted by Crippen LogP contribution is -2.39. The fraction of sp³-hybridized carbons (Fsp3) is 1.00. The second-order valence-corrected chi connectivity index (χ2v) is 2.68. The van der Waals surface area contributed by atoms with Crippen molar-refractivity contribution < 1.29 is 9.50 Å². The fourth-order valence-electron chi connectivity index (χ4n) is 0.429. The van der Waals surface area contributed by atoms with Crippen molar-refractivity contribution in [2.45, 2.75) is 25.6 Å². The van der Waals surface area contributed by atoms with Gasteiger partial charge in [-0.1, -0.05) is 0 Å². The maximum Gasteiger partial charge on any atom is 0.140 e. The van der Waals surface area contributed by atoms with E-state index in [2.05, 4.69) is 5.32 Å². The van der Waals surface area contributed by atoms with Gasteiger partial charge in [-0.15, -0.1) is 0 Å². The van der Waals surface area contributed by atoms with Crippen molar-refractivity contribution in [3.63, 3.8) is 0 Å². The molecule has 0 saturated carbocycles. The van der Waals surface area contributed by atoms with Crippen LogP contribution in [0.3, 0.4) is 0 Å². The number of halogens is 1. The van der Waals surface area contributed by atoms with E-state index in [0.717, 1.165) is 0 Å². The lowest BCUT2D eigenvalue weighted by atomic mass is 10.0. The van der Waals surface area contributed by atoms with Gasteiger partial charge in [0.15, 0.2) is 0 Å². The van der Waals surface area contributed by atoms with Crippen molar-refractivity contribution in [2.75, 3.05) is 13.6 Å². The Morgan fingerprint density at radius 1 is 1.67 bits per heavy atom. The highest BCUT2D eigenvalue weighted by Gasteiger charge is 2.24. The Hall–Kier alpha value is -0.150. The molecule has 0 spiro atoms. The Morgan fingerprint density at radius 3 is 2.22 bits per heavy atom. The minimum Gasteiger partial charge on any atom is -0.387 e. The van der Waals surface area contributed by atoms with E-state index in [-0.39, 0.29) is 6.54 Å². The molecule has 0 heterocycles. The molecule has 0 rings (SSSR count). The summed E-state index contributed by atoms with van der Waals surface area (Å²) in [6.45, 7) is 3.10. The van der Waals surface area contributed by atoms with Gasteiger partial charge in [0.1, 0.15) is 6.17 Å². The van der Waals surface area contributed by atoms with Crippen LogP contribution in [0.5, 0.6) is 0 Å². The lowest BCUT2D eigenvalue weighted by Gasteiger charge is -2.21. The number of aliphatic hydroxyl groups is 1. The summed E-state index contributed by atoms with van der Waals surface area (Å²) >= 11 is 0. The largest absolute Gasteiger partial charge is 0.387 e. The topological polar surface area (TPSA) is 32.3 Å². The summed E-state index contributed by atoms with van der Waals surface area (Å²) in [5, 5.41) is 11.6. The summed E-state index contributed by atoms with van der Waals surface area (Å²) in [7, 11) is 1.65. The van der Waals surface area contributed by atoms with Crippen molar-refractivity contribution >= 4 is 0 Å². The molecule has 0 amide bonds. The predicted octanol–water partition coefficient (Wildman–Crippen LogP) is 0.315. The van der Waals surface area contributed by atoms with Crippen LogP contribution in [-0.2, 0) is 0 Å². The number of alkyl halides is 1. The molecule has 0 radical (unpaired) electrons. The van der Waals surface area contributed by atoms with E-state index in [4.69, 9.17) is 5.11 Å². The van der Waals surface area contributed by atoms with E-state index >= 15 is 0 Å². The lowest BCUT2D eigenvalue weighted by molar-refractivity contribution is -0.00149. The summed E-state index contributed by atoms with van der Waals surface area (Å²) in [5.74, 6) is 0. The molecular formula is C6H14FNO. The molecule has 9 heavy (non-hydrogen) atoms. The third kappa shape index (κ3) is 3.43. The van der Waals surface area contributed by atoms with E-state index in [1.807, 2.05) is 0 Å². The van der Waals surface area contributed by atoms with E-state index < -0.39 is 11.8 Å². The van der Waals surface area contributed by atoms with E-state index in [0.29, 0.717) is 0 Å². The quantitative estimate of drug-likeness (QED) is 0.584. The van der Waals surface area contributed by atoms with Crippen LogP contribution < -0.4 is 5.32 Å². The van der Waals surface area contributed by atoms with Gasteiger partial charge in [-0.05, 0) is 20.9 Å². The van der Waals surface area contributed by atoms with Crippen LogP contribution in [0.2, 0.25) is 0 Å². The molecule has 3 heteroatoms. The van der Waals surface area contributed by atoms with Crippen LogP contribution in [0.1, 0.15) is 13.8 Å². The van der Waals surface area contributed by atoms with Crippen LogP contribution >= 0.6 is 0 Å². The van der Waals surface area contributed by atoms with Crippen molar-refractivity contribution in [3.8, 4) is 0 Å². The van der Waals surface area contributed by atoms with Gasteiger partial charge >= 0.3 is 0 Å². The molecule has 1 unspecified atom stereocenters. The summed E-state index contributed by atoms with van der Waals surface area (Å²) in [6.07, 6.45) is -1.19. The Bertz CT molecular complexity index is 79.6. The highest BCUT2D eigenvalue weighted by Crippen LogP contribution is 2.10. The summed E-state index contributed by atoms with van der Waals surface area (Å²) in [5.41, 5.74) is -1.22. The molecule has 0 aliphatic heterocycles. The highest BCUT2D eigenvalue weighted by atomic mass is 19.1. The zero-order valence-corrected chi connectivity index (χ0v) is 6.11. The Labute approximate surface area is 55.1 Å². The van der Waals surface area contributed by atoms with Gasteiger partial charge in [-0.3, -0.25) is 0 Å². The molecular weight excluding hydrogens is 121 g/mol. The molecule has 56 valence electrons. The maximum atomic E-state index is 12.6.